The number of rotatable bonds is 4. The highest BCUT2D eigenvalue weighted by molar-refractivity contribution is 6.04. The second kappa shape index (κ2) is 5.89. The topological polar surface area (TPSA) is 78.4 Å². The summed E-state index contributed by atoms with van der Waals surface area (Å²) in [5, 5.41) is 15.0. The van der Waals surface area contributed by atoms with Crippen molar-refractivity contribution in [2.24, 2.45) is 0 Å². The molecule has 3 rings (SSSR count). The summed E-state index contributed by atoms with van der Waals surface area (Å²) in [7, 11) is 0. The van der Waals surface area contributed by atoms with Gasteiger partial charge in [0.2, 0.25) is 5.91 Å². The fourth-order valence-electron chi connectivity index (χ4n) is 2.54. The molecule has 1 unspecified atom stereocenters. The molecule has 1 atom stereocenters. The van der Waals surface area contributed by atoms with Crippen LogP contribution in [-0.2, 0) is 11.2 Å². The molecule has 1 amide bonds. The lowest BCUT2D eigenvalue weighted by Crippen LogP contribution is -2.39. The Balaban J connectivity index is 1.74. The summed E-state index contributed by atoms with van der Waals surface area (Å²) in [5.41, 5.74) is 2.63. The number of carbonyl (C=O) groups is 2. The van der Waals surface area contributed by atoms with Crippen molar-refractivity contribution in [3.05, 3.63) is 59.7 Å². The van der Waals surface area contributed by atoms with Crippen LogP contribution in [0.3, 0.4) is 0 Å². The van der Waals surface area contributed by atoms with E-state index in [0.29, 0.717) is 17.8 Å². The zero-order valence-electron chi connectivity index (χ0n) is 11.9. The summed E-state index contributed by atoms with van der Waals surface area (Å²) < 4.78 is 0. The Hall–Kier alpha value is -2.82. The summed E-state index contributed by atoms with van der Waals surface area (Å²) in [4.78, 5) is 23.1. The van der Waals surface area contributed by atoms with E-state index in [4.69, 9.17) is 5.11 Å². The van der Waals surface area contributed by atoms with E-state index in [1.165, 1.54) is 11.6 Å². The number of aryl methyl sites for hydroxylation is 1. The molecule has 0 fully saturated rings. The Morgan fingerprint density at radius 1 is 1.09 bits per heavy atom. The van der Waals surface area contributed by atoms with Crippen molar-refractivity contribution in [2.45, 2.75) is 18.9 Å². The highest BCUT2D eigenvalue weighted by Crippen LogP contribution is 2.29. The highest BCUT2D eigenvalue weighted by atomic mass is 16.4. The van der Waals surface area contributed by atoms with Crippen LogP contribution in [0.2, 0.25) is 0 Å². The summed E-state index contributed by atoms with van der Waals surface area (Å²) in [6.07, 6.45) is 1.42. The number of nitrogens with one attached hydrogen (secondary N) is 2. The summed E-state index contributed by atoms with van der Waals surface area (Å²) in [6, 6.07) is 14.2. The quantitative estimate of drug-likeness (QED) is 0.810. The predicted molar refractivity (Wildman–Crippen MR) is 84.2 cm³/mol. The molecule has 0 bridgehead atoms. The molecule has 0 saturated carbocycles. The van der Waals surface area contributed by atoms with Crippen molar-refractivity contribution in [3.63, 3.8) is 0 Å². The van der Waals surface area contributed by atoms with E-state index in [0.717, 1.165) is 6.42 Å². The van der Waals surface area contributed by atoms with Gasteiger partial charge in [0.1, 0.15) is 6.04 Å². The first-order chi connectivity index (χ1) is 10.6. The smallest absolute Gasteiger partial charge is 0.335 e. The van der Waals surface area contributed by atoms with Crippen LogP contribution in [0.15, 0.2) is 48.5 Å². The molecular formula is C17H16N2O3. The van der Waals surface area contributed by atoms with Gasteiger partial charge in [-0.1, -0.05) is 30.3 Å². The fraction of sp³-hybridized carbons (Fsp3) is 0.176. The van der Waals surface area contributed by atoms with Gasteiger partial charge in [-0.15, -0.1) is 0 Å². The molecule has 112 valence electrons. The predicted octanol–water partition coefficient (Wildman–Crippen LogP) is 2.75. The molecule has 22 heavy (non-hydrogen) atoms. The van der Waals surface area contributed by atoms with Crippen LogP contribution in [0.5, 0.6) is 0 Å². The number of hydrogen-bond acceptors (Lipinski definition) is 3. The van der Waals surface area contributed by atoms with Gasteiger partial charge < -0.3 is 15.7 Å². The second-order valence-electron chi connectivity index (χ2n) is 5.28. The number of fused-ring (bicyclic) bond motifs is 1. The number of carboxylic acids is 1. The van der Waals surface area contributed by atoms with Gasteiger partial charge in [-0.05, 0) is 36.6 Å². The molecule has 5 nitrogen and oxygen atoms in total. The van der Waals surface area contributed by atoms with E-state index in [2.05, 4.69) is 10.6 Å². The normalized spacial score (nSPS) is 16.4. The van der Waals surface area contributed by atoms with Crippen LogP contribution in [0.1, 0.15) is 22.3 Å². The molecule has 1 aliphatic heterocycles. The number of amides is 1. The molecule has 2 aromatic rings. The molecule has 1 aliphatic rings. The summed E-state index contributed by atoms with van der Waals surface area (Å²) in [6.45, 7) is 0. The van der Waals surface area contributed by atoms with E-state index in [1.807, 2.05) is 30.3 Å². The molecule has 3 N–H and O–H groups in total. The van der Waals surface area contributed by atoms with Crippen LogP contribution >= 0.6 is 0 Å². The first-order valence-electron chi connectivity index (χ1n) is 7.12. The number of hydrogen-bond donors (Lipinski definition) is 3. The van der Waals surface area contributed by atoms with Gasteiger partial charge in [-0.25, -0.2) is 4.79 Å². The Labute approximate surface area is 128 Å². The van der Waals surface area contributed by atoms with Crippen molar-refractivity contribution < 1.29 is 14.7 Å². The third kappa shape index (κ3) is 2.93. The lowest BCUT2D eigenvalue weighted by atomic mass is 10.0. The molecule has 5 heteroatoms. The number of carboxylic acid groups (broad SMARTS) is 1. The van der Waals surface area contributed by atoms with Crippen molar-refractivity contribution in [1.29, 1.82) is 0 Å². The lowest BCUT2D eigenvalue weighted by Gasteiger charge is -2.27. The van der Waals surface area contributed by atoms with Crippen molar-refractivity contribution >= 4 is 23.3 Å². The fourth-order valence-corrected chi connectivity index (χ4v) is 2.54. The van der Waals surface area contributed by atoms with Crippen LogP contribution in [0.4, 0.5) is 11.4 Å². The van der Waals surface area contributed by atoms with Crippen LogP contribution in [-0.4, -0.2) is 23.0 Å². The second-order valence-corrected chi connectivity index (χ2v) is 5.28. The Morgan fingerprint density at radius 3 is 2.59 bits per heavy atom. The highest BCUT2D eigenvalue weighted by Gasteiger charge is 2.25. The van der Waals surface area contributed by atoms with Gasteiger partial charge in [0, 0.05) is 0 Å². The molecule has 0 saturated heterocycles. The van der Waals surface area contributed by atoms with Gasteiger partial charge in [0.15, 0.2) is 0 Å². The SMILES string of the molecule is O=C(O)c1ccc2c(c1)NC(CCc1ccccc1)C(=O)N2. The maximum absolute atomic E-state index is 12.1. The zero-order valence-corrected chi connectivity index (χ0v) is 11.9. The van der Waals surface area contributed by atoms with Gasteiger partial charge in [0.25, 0.3) is 0 Å². The summed E-state index contributed by atoms with van der Waals surface area (Å²) >= 11 is 0. The third-order valence-electron chi connectivity index (χ3n) is 3.74. The first kappa shape index (κ1) is 14.1. The molecule has 0 radical (unpaired) electrons. The van der Waals surface area contributed by atoms with Crippen molar-refractivity contribution in [1.82, 2.24) is 0 Å². The Morgan fingerprint density at radius 2 is 1.86 bits per heavy atom. The maximum atomic E-state index is 12.1. The average molecular weight is 296 g/mol. The minimum absolute atomic E-state index is 0.0912. The van der Waals surface area contributed by atoms with E-state index in [-0.39, 0.29) is 17.5 Å². The standard InChI is InChI=1S/C17H16N2O3/c20-16-14(8-6-11-4-2-1-3-5-11)18-15-10-12(17(21)22)7-9-13(15)19-16/h1-5,7,9-10,14,18H,6,8H2,(H,19,20)(H,21,22). The van der Waals surface area contributed by atoms with E-state index in [9.17, 15) is 9.59 Å². The molecule has 1 heterocycles. The molecular weight excluding hydrogens is 280 g/mol. The third-order valence-corrected chi connectivity index (χ3v) is 3.74. The number of aromatic carboxylic acids is 1. The molecule has 0 aliphatic carbocycles. The first-order valence-corrected chi connectivity index (χ1v) is 7.12. The molecule has 0 spiro atoms. The monoisotopic (exact) mass is 296 g/mol. The zero-order chi connectivity index (χ0) is 15.5. The van der Waals surface area contributed by atoms with E-state index < -0.39 is 5.97 Å². The maximum Gasteiger partial charge on any atom is 0.335 e. The van der Waals surface area contributed by atoms with Crippen LogP contribution in [0, 0.1) is 0 Å². The average Bonchev–Trinajstić information content (AvgIpc) is 2.53. The largest absolute Gasteiger partial charge is 0.478 e. The van der Waals surface area contributed by atoms with Crippen LogP contribution in [0.25, 0.3) is 0 Å². The van der Waals surface area contributed by atoms with Gasteiger partial charge in [0.05, 0.1) is 16.9 Å². The van der Waals surface area contributed by atoms with Gasteiger partial charge in [-0.2, -0.15) is 0 Å². The number of benzene rings is 2. The lowest BCUT2D eigenvalue weighted by molar-refractivity contribution is -0.117. The number of anilines is 2. The number of carbonyl (C=O) groups excluding carboxylic acids is 1. The van der Waals surface area contributed by atoms with Gasteiger partial charge >= 0.3 is 5.97 Å². The Bertz CT molecular complexity index is 713. The Kier molecular flexibility index (Phi) is 3.78. The van der Waals surface area contributed by atoms with Gasteiger partial charge in [-0.3, -0.25) is 4.79 Å². The van der Waals surface area contributed by atoms with Crippen molar-refractivity contribution in [3.8, 4) is 0 Å². The molecule has 0 aromatic heterocycles. The summed E-state index contributed by atoms with van der Waals surface area (Å²) in [5.74, 6) is -1.08. The minimum atomic E-state index is -0.984. The van der Waals surface area contributed by atoms with E-state index >= 15 is 0 Å². The minimum Gasteiger partial charge on any atom is -0.478 e. The van der Waals surface area contributed by atoms with E-state index in [1.54, 1.807) is 12.1 Å². The van der Waals surface area contributed by atoms with Crippen LogP contribution < -0.4 is 10.6 Å². The molecule has 2 aromatic carbocycles. The van der Waals surface area contributed by atoms with Crippen molar-refractivity contribution in [2.75, 3.05) is 10.6 Å².